The molecule has 1 unspecified atom stereocenters. The Hall–Kier alpha value is -2.80. The zero-order valence-electron chi connectivity index (χ0n) is 17.8. The van der Waals surface area contributed by atoms with Gasteiger partial charge in [0.25, 0.3) is 0 Å². The van der Waals surface area contributed by atoms with Gasteiger partial charge in [-0.15, -0.1) is 0 Å². The Kier molecular flexibility index (Phi) is 7.15. The molecule has 7 heteroatoms. The highest BCUT2D eigenvalue weighted by Gasteiger charge is 2.40. The van der Waals surface area contributed by atoms with E-state index in [0.29, 0.717) is 29.8 Å². The van der Waals surface area contributed by atoms with Crippen LogP contribution in [0.5, 0.6) is 5.75 Å². The summed E-state index contributed by atoms with van der Waals surface area (Å²) in [7, 11) is 0. The molecule has 6 nitrogen and oxygen atoms in total. The van der Waals surface area contributed by atoms with Gasteiger partial charge in [-0.2, -0.15) is 0 Å². The van der Waals surface area contributed by atoms with Crippen molar-refractivity contribution in [3.8, 4) is 5.75 Å². The number of carbonyl (C=O) groups is 2. The molecule has 158 valence electrons. The van der Waals surface area contributed by atoms with Gasteiger partial charge >= 0.3 is 0 Å². The third-order valence-corrected chi connectivity index (χ3v) is 5.93. The number of rotatable bonds is 6. The van der Waals surface area contributed by atoms with Crippen molar-refractivity contribution in [3.05, 3.63) is 53.6 Å². The molecule has 1 aliphatic heterocycles. The summed E-state index contributed by atoms with van der Waals surface area (Å²) in [5.41, 5.74) is 3.87. The standard InChI is InChI=1S/C23H27N3O3S/c1-5-24-23(25-17-8-7-15(3)16(4)13-17)30-20-14-21(27)26(22(20)28)18-9-11-19(12-10-18)29-6-2/h7-13,20H,5-6,14H2,1-4H3,(H,24,25). The Balaban J connectivity index is 1.73. The molecule has 1 aliphatic rings. The van der Waals surface area contributed by atoms with Gasteiger partial charge in [-0.05, 0) is 75.2 Å². The summed E-state index contributed by atoms with van der Waals surface area (Å²) >= 11 is 1.31. The number of ether oxygens (including phenoxy) is 1. The fraction of sp³-hybridized carbons (Fsp3) is 0.348. The van der Waals surface area contributed by atoms with E-state index in [-0.39, 0.29) is 18.2 Å². The number of aryl methyl sites for hydroxylation is 2. The maximum atomic E-state index is 13.0. The van der Waals surface area contributed by atoms with Gasteiger partial charge in [0.1, 0.15) is 11.0 Å². The van der Waals surface area contributed by atoms with Crippen LogP contribution in [0.2, 0.25) is 0 Å². The first-order chi connectivity index (χ1) is 14.4. The third-order valence-electron chi connectivity index (χ3n) is 4.82. The predicted molar refractivity (Wildman–Crippen MR) is 124 cm³/mol. The Morgan fingerprint density at radius 3 is 2.50 bits per heavy atom. The van der Waals surface area contributed by atoms with Gasteiger partial charge in [0, 0.05) is 18.7 Å². The fourth-order valence-corrected chi connectivity index (χ4v) is 4.23. The van der Waals surface area contributed by atoms with E-state index in [2.05, 4.69) is 30.2 Å². The van der Waals surface area contributed by atoms with Crippen LogP contribution in [-0.2, 0) is 9.59 Å². The van der Waals surface area contributed by atoms with Crippen molar-refractivity contribution in [1.29, 1.82) is 0 Å². The SMILES string of the molecule is CCN=C(Nc1ccc(C)c(C)c1)SC1CC(=O)N(c2ccc(OCC)cc2)C1=O. The third kappa shape index (κ3) is 5.02. The molecule has 2 aromatic carbocycles. The molecule has 0 aliphatic carbocycles. The van der Waals surface area contributed by atoms with Crippen molar-refractivity contribution in [2.75, 3.05) is 23.4 Å². The van der Waals surface area contributed by atoms with Gasteiger partial charge in [0.2, 0.25) is 11.8 Å². The molecule has 0 bridgehead atoms. The maximum Gasteiger partial charge on any atom is 0.247 e. The lowest BCUT2D eigenvalue weighted by Crippen LogP contribution is -2.31. The normalized spacial score (nSPS) is 16.9. The van der Waals surface area contributed by atoms with Gasteiger partial charge in [-0.25, -0.2) is 4.90 Å². The first kappa shape index (κ1) is 21.9. The highest BCUT2D eigenvalue weighted by Crippen LogP contribution is 2.31. The lowest BCUT2D eigenvalue weighted by atomic mass is 10.1. The number of aliphatic imine (C=N–C) groups is 1. The van der Waals surface area contributed by atoms with Crippen molar-refractivity contribution in [1.82, 2.24) is 0 Å². The van der Waals surface area contributed by atoms with Crippen molar-refractivity contribution < 1.29 is 14.3 Å². The van der Waals surface area contributed by atoms with E-state index in [4.69, 9.17) is 4.74 Å². The molecular weight excluding hydrogens is 398 g/mol. The number of nitrogens with zero attached hydrogens (tertiary/aromatic N) is 2. The van der Waals surface area contributed by atoms with E-state index in [1.54, 1.807) is 24.3 Å². The van der Waals surface area contributed by atoms with Crippen molar-refractivity contribution >= 4 is 40.1 Å². The van der Waals surface area contributed by atoms with Crippen LogP contribution >= 0.6 is 11.8 Å². The number of imide groups is 1. The van der Waals surface area contributed by atoms with Crippen LogP contribution in [0.3, 0.4) is 0 Å². The summed E-state index contributed by atoms with van der Waals surface area (Å²) < 4.78 is 5.43. The van der Waals surface area contributed by atoms with Crippen LogP contribution in [0, 0.1) is 13.8 Å². The second-order valence-electron chi connectivity index (χ2n) is 7.01. The van der Waals surface area contributed by atoms with Gasteiger partial charge < -0.3 is 10.1 Å². The number of hydrogen-bond donors (Lipinski definition) is 1. The monoisotopic (exact) mass is 425 g/mol. The molecule has 2 amide bonds. The molecule has 30 heavy (non-hydrogen) atoms. The molecular formula is C23H27N3O3S. The van der Waals surface area contributed by atoms with Gasteiger partial charge in [-0.3, -0.25) is 14.6 Å². The minimum Gasteiger partial charge on any atom is -0.494 e. The first-order valence-corrected chi connectivity index (χ1v) is 11.0. The Morgan fingerprint density at radius 2 is 1.87 bits per heavy atom. The number of benzene rings is 2. The number of carbonyl (C=O) groups excluding carboxylic acids is 2. The minimum atomic E-state index is -0.506. The molecule has 0 spiro atoms. The van der Waals surface area contributed by atoms with E-state index in [0.717, 1.165) is 5.69 Å². The van der Waals surface area contributed by atoms with E-state index < -0.39 is 5.25 Å². The minimum absolute atomic E-state index is 0.147. The van der Waals surface area contributed by atoms with Crippen molar-refractivity contribution in [2.24, 2.45) is 4.99 Å². The average Bonchev–Trinajstić information content (AvgIpc) is 2.99. The van der Waals surface area contributed by atoms with Crippen LogP contribution in [0.4, 0.5) is 11.4 Å². The molecule has 1 saturated heterocycles. The highest BCUT2D eigenvalue weighted by atomic mass is 32.2. The summed E-state index contributed by atoms with van der Waals surface area (Å²) in [4.78, 5) is 31.3. The van der Waals surface area contributed by atoms with Crippen LogP contribution in [0.15, 0.2) is 47.5 Å². The highest BCUT2D eigenvalue weighted by molar-refractivity contribution is 8.15. The number of nitrogens with one attached hydrogen (secondary N) is 1. The molecule has 1 N–H and O–H groups in total. The van der Waals surface area contributed by atoms with E-state index in [1.807, 2.05) is 26.0 Å². The summed E-state index contributed by atoms with van der Waals surface area (Å²) in [6.45, 7) is 9.11. The number of anilines is 2. The van der Waals surface area contributed by atoms with Crippen LogP contribution in [0.1, 0.15) is 31.4 Å². The molecule has 0 aromatic heterocycles. The number of thioether (sulfide) groups is 1. The Labute approximate surface area is 181 Å². The van der Waals surface area contributed by atoms with Crippen LogP contribution in [0.25, 0.3) is 0 Å². The lowest BCUT2D eigenvalue weighted by molar-refractivity contribution is -0.121. The van der Waals surface area contributed by atoms with Crippen molar-refractivity contribution in [2.45, 2.75) is 39.4 Å². The fourth-order valence-electron chi connectivity index (χ4n) is 3.15. The summed E-state index contributed by atoms with van der Waals surface area (Å²) in [5, 5.41) is 3.43. The van der Waals surface area contributed by atoms with Gasteiger partial charge in [-0.1, -0.05) is 17.8 Å². The number of amidine groups is 1. The molecule has 1 atom stereocenters. The zero-order valence-corrected chi connectivity index (χ0v) is 18.6. The van der Waals surface area contributed by atoms with Gasteiger partial charge in [0.05, 0.1) is 12.3 Å². The molecule has 1 heterocycles. The van der Waals surface area contributed by atoms with Crippen LogP contribution < -0.4 is 15.0 Å². The molecule has 1 fully saturated rings. The smallest absolute Gasteiger partial charge is 0.247 e. The van der Waals surface area contributed by atoms with Crippen molar-refractivity contribution in [3.63, 3.8) is 0 Å². The second-order valence-corrected chi connectivity index (χ2v) is 8.20. The van der Waals surface area contributed by atoms with Crippen LogP contribution in [-0.4, -0.2) is 35.4 Å². The quantitative estimate of drug-likeness (QED) is 0.417. The molecule has 0 saturated carbocycles. The molecule has 3 rings (SSSR count). The maximum absolute atomic E-state index is 13.0. The van der Waals surface area contributed by atoms with E-state index in [1.165, 1.54) is 27.8 Å². The summed E-state index contributed by atoms with van der Waals surface area (Å²) in [6.07, 6.45) is 0.147. The first-order valence-electron chi connectivity index (χ1n) is 10.1. The number of amides is 2. The predicted octanol–water partition coefficient (Wildman–Crippen LogP) is 4.56. The second kappa shape index (κ2) is 9.80. The Bertz CT molecular complexity index is 957. The lowest BCUT2D eigenvalue weighted by Gasteiger charge is -2.16. The molecule has 0 radical (unpaired) electrons. The zero-order chi connectivity index (χ0) is 21.7. The topological polar surface area (TPSA) is 71.0 Å². The number of hydrogen-bond acceptors (Lipinski definition) is 5. The van der Waals surface area contributed by atoms with E-state index >= 15 is 0 Å². The molecule has 2 aromatic rings. The summed E-state index contributed by atoms with van der Waals surface area (Å²) in [6, 6.07) is 13.1. The van der Waals surface area contributed by atoms with E-state index in [9.17, 15) is 9.59 Å². The average molecular weight is 426 g/mol. The van der Waals surface area contributed by atoms with Gasteiger partial charge in [0.15, 0.2) is 5.17 Å². The summed E-state index contributed by atoms with van der Waals surface area (Å²) in [5.74, 6) is 0.282. The largest absolute Gasteiger partial charge is 0.494 e. The Morgan fingerprint density at radius 1 is 1.13 bits per heavy atom.